The average Bonchev–Trinajstić information content (AvgIpc) is 2.87. The van der Waals surface area contributed by atoms with E-state index in [0.717, 1.165) is 31.4 Å². The fourth-order valence-electron chi connectivity index (χ4n) is 3.98. The number of nitrogens with zero attached hydrogens (tertiary/aromatic N) is 1. The molecule has 36 heavy (non-hydrogen) atoms. The first kappa shape index (κ1) is 25.6. The van der Waals surface area contributed by atoms with Crippen LogP contribution in [0.2, 0.25) is 5.02 Å². The van der Waals surface area contributed by atoms with Crippen LogP contribution in [0.25, 0.3) is 0 Å². The number of hydrogen-bond donors (Lipinski definition) is 1. The number of para-hydroxylation sites is 2. The number of benzene rings is 3. The number of aryl methyl sites for hydroxylation is 1. The monoisotopic (exact) mass is 510 g/mol. The number of nitro benzene ring substituents is 1. The molecule has 1 N–H and O–H groups in total. The minimum absolute atomic E-state index is 0.0550. The number of nitrogens with one attached hydrogen (secondary N) is 1. The van der Waals surface area contributed by atoms with E-state index in [9.17, 15) is 14.9 Å². The molecule has 1 saturated heterocycles. The molecule has 1 aliphatic heterocycles. The number of anilines is 2. The number of rotatable bonds is 10. The Morgan fingerprint density at radius 2 is 1.92 bits per heavy atom. The van der Waals surface area contributed by atoms with Crippen molar-refractivity contribution in [3.63, 3.8) is 0 Å². The van der Waals surface area contributed by atoms with Gasteiger partial charge in [0.25, 0.3) is 5.69 Å². The lowest BCUT2D eigenvalue weighted by atomic mass is 9.98. The van der Waals surface area contributed by atoms with Gasteiger partial charge < -0.3 is 19.5 Å². The van der Waals surface area contributed by atoms with Crippen molar-refractivity contribution in [2.75, 3.05) is 25.1 Å². The van der Waals surface area contributed by atoms with E-state index in [1.165, 1.54) is 6.07 Å². The van der Waals surface area contributed by atoms with Crippen molar-refractivity contribution in [3.8, 4) is 5.75 Å². The van der Waals surface area contributed by atoms with Gasteiger partial charge in [0.2, 0.25) is 0 Å². The first-order valence-corrected chi connectivity index (χ1v) is 12.1. The molecular weight excluding hydrogens is 484 g/mol. The van der Waals surface area contributed by atoms with Crippen molar-refractivity contribution in [2.24, 2.45) is 0 Å². The summed E-state index contributed by atoms with van der Waals surface area (Å²) in [6, 6.07) is 16.4. The highest BCUT2D eigenvalue weighted by Crippen LogP contribution is 2.31. The molecule has 1 aliphatic rings. The molecule has 0 radical (unpaired) electrons. The molecule has 8 nitrogen and oxygen atoms in total. The summed E-state index contributed by atoms with van der Waals surface area (Å²) < 4.78 is 17.0. The van der Waals surface area contributed by atoms with Crippen LogP contribution in [0.5, 0.6) is 5.75 Å². The molecular formula is C27H27ClN2O6. The van der Waals surface area contributed by atoms with Crippen molar-refractivity contribution >= 4 is 34.4 Å². The zero-order valence-corrected chi connectivity index (χ0v) is 20.6. The third-order valence-electron chi connectivity index (χ3n) is 5.83. The van der Waals surface area contributed by atoms with Gasteiger partial charge in [-0.2, -0.15) is 0 Å². The minimum Gasteiger partial charge on any atom is -0.491 e. The molecule has 3 aromatic carbocycles. The number of nitro groups is 1. The van der Waals surface area contributed by atoms with E-state index in [1.807, 2.05) is 13.0 Å². The van der Waals surface area contributed by atoms with E-state index in [1.54, 1.807) is 48.5 Å². The Balaban J connectivity index is 1.38. The second-order valence-corrected chi connectivity index (χ2v) is 8.82. The highest BCUT2D eigenvalue weighted by molar-refractivity contribution is 6.35. The van der Waals surface area contributed by atoms with E-state index in [-0.39, 0.29) is 22.8 Å². The van der Waals surface area contributed by atoms with Crippen LogP contribution in [0.1, 0.15) is 40.7 Å². The van der Waals surface area contributed by atoms with E-state index in [4.69, 9.17) is 25.8 Å². The SMILES string of the molecule is Cc1cc(OCCOC2CCCCO2)ccc1C(=O)c1ccc(Nc2ccccc2[N+](=O)[O-])cc1Cl. The van der Waals surface area contributed by atoms with Gasteiger partial charge in [-0.15, -0.1) is 0 Å². The summed E-state index contributed by atoms with van der Waals surface area (Å²) in [4.78, 5) is 24.0. The Kier molecular flexibility index (Phi) is 8.53. The molecule has 4 rings (SSSR count). The smallest absolute Gasteiger partial charge is 0.292 e. The lowest BCUT2D eigenvalue weighted by molar-refractivity contribution is -0.383. The molecule has 0 spiro atoms. The molecule has 3 aromatic rings. The van der Waals surface area contributed by atoms with Crippen molar-refractivity contribution < 1.29 is 23.9 Å². The van der Waals surface area contributed by atoms with Gasteiger partial charge in [-0.25, -0.2) is 0 Å². The Hall–Kier alpha value is -3.46. The molecule has 0 aromatic heterocycles. The maximum Gasteiger partial charge on any atom is 0.292 e. The molecule has 1 fully saturated rings. The fraction of sp³-hybridized carbons (Fsp3) is 0.296. The van der Waals surface area contributed by atoms with Gasteiger partial charge in [-0.1, -0.05) is 23.7 Å². The van der Waals surface area contributed by atoms with Gasteiger partial charge >= 0.3 is 0 Å². The summed E-state index contributed by atoms with van der Waals surface area (Å²) in [5.41, 5.74) is 2.42. The molecule has 1 atom stereocenters. The van der Waals surface area contributed by atoms with Crippen LogP contribution in [0.15, 0.2) is 60.7 Å². The maximum absolute atomic E-state index is 13.2. The topological polar surface area (TPSA) is 99.9 Å². The third-order valence-corrected chi connectivity index (χ3v) is 6.14. The van der Waals surface area contributed by atoms with Gasteiger partial charge in [0, 0.05) is 29.5 Å². The summed E-state index contributed by atoms with van der Waals surface area (Å²) in [5.74, 6) is 0.423. The van der Waals surface area contributed by atoms with Gasteiger partial charge in [-0.05, 0) is 74.2 Å². The molecule has 0 saturated carbocycles. The summed E-state index contributed by atoms with van der Waals surface area (Å²) in [5, 5.41) is 14.5. The number of halogens is 1. The predicted molar refractivity (Wildman–Crippen MR) is 137 cm³/mol. The van der Waals surface area contributed by atoms with E-state index < -0.39 is 4.92 Å². The number of hydrogen-bond acceptors (Lipinski definition) is 7. The summed E-state index contributed by atoms with van der Waals surface area (Å²) in [6.45, 7) is 3.38. The van der Waals surface area contributed by atoms with Crippen molar-refractivity contribution in [1.82, 2.24) is 0 Å². The zero-order valence-electron chi connectivity index (χ0n) is 19.9. The average molecular weight is 511 g/mol. The lowest BCUT2D eigenvalue weighted by Gasteiger charge is -2.22. The quantitative estimate of drug-likeness (QED) is 0.145. The van der Waals surface area contributed by atoms with Crippen LogP contribution in [-0.2, 0) is 9.47 Å². The normalized spacial score (nSPS) is 15.3. The van der Waals surface area contributed by atoms with Crippen LogP contribution in [0, 0.1) is 17.0 Å². The Morgan fingerprint density at radius 1 is 1.11 bits per heavy atom. The molecule has 1 heterocycles. The second-order valence-electron chi connectivity index (χ2n) is 8.42. The first-order chi connectivity index (χ1) is 17.4. The summed E-state index contributed by atoms with van der Waals surface area (Å²) in [7, 11) is 0. The standard InChI is InChI=1S/C27H27ClN2O6/c1-18-16-20(34-14-15-36-26-8-4-5-13-35-26)10-12-21(18)27(31)22-11-9-19(17-23(22)28)29-24-6-2-3-7-25(24)30(32)33/h2-3,6-7,9-12,16-17,26,29H,4-5,8,13-15H2,1H3. The third kappa shape index (κ3) is 6.40. The van der Waals surface area contributed by atoms with Gasteiger partial charge in [0.1, 0.15) is 18.0 Å². The van der Waals surface area contributed by atoms with E-state index in [0.29, 0.717) is 41.5 Å². The van der Waals surface area contributed by atoms with Gasteiger partial charge in [0.05, 0.1) is 16.6 Å². The Bertz CT molecular complexity index is 1240. The molecule has 0 aliphatic carbocycles. The van der Waals surface area contributed by atoms with Crippen molar-refractivity contribution in [1.29, 1.82) is 0 Å². The summed E-state index contributed by atoms with van der Waals surface area (Å²) in [6.07, 6.45) is 2.94. The molecule has 188 valence electrons. The molecule has 1 unspecified atom stereocenters. The molecule has 0 bridgehead atoms. The molecule has 9 heteroatoms. The van der Waals surface area contributed by atoms with E-state index >= 15 is 0 Å². The highest BCUT2D eigenvalue weighted by Gasteiger charge is 2.18. The minimum atomic E-state index is -0.462. The Labute approximate surface area is 214 Å². The largest absolute Gasteiger partial charge is 0.491 e. The fourth-order valence-corrected chi connectivity index (χ4v) is 4.24. The van der Waals surface area contributed by atoms with Crippen LogP contribution in [0.3, 0.4) is 0 Å². The number of carbonyl (C=O) groups is 1. The molecule has 0 amide bonds. The number of carbonyl (C=O) groups excluding carboxylic acids is 1. The highest BCUT2D eigenvalue weighted by atomic mass is 35.5. The van der Waals surface area contributed by atoms with Gasteiger partial charge in [-0.3, -0.25) is 14.9 Å². The first-order valence-electron chi connectivity index (χ1n) is 11.7. The van der Waals surface area contributed by atoms with Crippen LogP contribution < -0.4 is 10.1 Å². The predicted octanol–water partition coefficient (Wildman–Crippen LogP) is 6.45. The second kappa shape index (κ2) is 12.0. The van der Waals surface area contributed by atoms with Crippen molar-refractivity contribution in [2.45, 2.75) is 32.5 Å². The van der Waals surface area contributed by atoms with Crippen LogP contribution >= 0.6 is 11.6 Å². The van der Waals surface area contributed by atoms with Crippen LogP contribution in [-0.4, -0.2) is 36.8 Å². The Morgan fingerprint density at radius 3 is 2.64 bits per heavy atom. The maximum atomic E-state index is 13.2. The van der Waals surface area contributed by atoms with E-state index in [2.05, 4.69) is 5.32 Å². The number of ketones is 1. The van der Waals surface area contributed by atoms with Crippen molar-refractivity contribution in [3.05, 3.63) is 92.5 Å². The summed E-state index contributed by atoms with van der Waals surface area (Å²) >= 11 is 6.43. The zero-order chi connectivity index (χ0) is 25.5. The number of ether oxygens (including phenoxy) is 3. The van der Waals surface area contributed by atoms with Gasteiger partial charge in [0.15, 0.2) is 12.1 Å². The lowest BCUT2D eigenvalue weighted by Crippen LogP contribution is -2.24. The van der Waals surface area contributed by atoms with Crippen LogP contribution in [0.4, 0.5) is 17.1 Å².